The number of benzene rings is 2. The predicted octanol–water partition coefficient (Wildman–Crippen LogP) is 4.28. The minimum atomic E-state index is -0.534. The molecule has 6 nitrogen and oxygen atoms in total. The monoisotopic (exact) mass is 350 g/mol. The smallest absolute Gasteiger partial charge is 0.363 e. The highest BCUT2D eigenvalue weighted by atomic mass is 16.6. The lowest BCUT2D eigenvalue weighted by Gasteiger charge is -2.02. The standard InChI is InChI=1S/C20H18N2O4/c1-2-3-4-14-5-9-16(10-6-14)19-21-18(20(23)26-19)13-15-7-11-17(12-8-15)22(24)25/h5-13H,2-4H2,1H3. The number of aliphatic imine (C=N–C) groups is 1. The molecular weight excluding hydrogens is 332 g/mol. The average Bonchev–Trinajstić information content (AvgIpc) is 3.01. The summed E-state index contributed by atoms with van der Waals surface area (Å²) in [6.45, 7) is 2.15. The van der Waals surface area contributed by atoms with Crippen LogP contribution in [-0.4, -0.2) is 16.8 Å². The van der Waals surface area contributed by atoms with Gasteiger partial charge in [-0.2, -0.15) is 0 Å². The number of non-ortho nitro benzene ring substituents is 1. The highest BCUT2D eigenvalue weighted by Gasteiger charge is 2.24. The summed E-state index contributed by atoms with van der Waals surface area (Å²) in [6.07, 6.45) is 4.85. The molecule has 3 rings (SSSR count). The highest BCUT2D eigenvalue weighted by Crippen LogP contribution is 2.21. The molecule has 2 aromatic rings. The fourth-order valence-electron chi connectivity index (χ4n) is 2.58. The molecule has 0 saturated heterocycles. The van der Waals surface area contributed by atoms with E-state index in [4.69, 9.17) is 4.74 Å². The number of unbranched alkanes of at least 4 members (excludes halogenated alkanes) is 1. The fraction of sp³-hybridized carbons (Fsp3) is 0.200. The lowest BCUT2D eigenvalue weighted by molar-refractivity contribution is -0.384. The first-order chi connectivity index (χ1) is 12.6. The largest absolute Gasteiger partial charge is 0.402 e. The lowest BCUT2D eigenvalue weighted by Crippen LogP contribution is -2.05. The Kier molecular flexibility index (Phi) is 5.22. The second-order valence-electron chi connectivity index (χ2n) is 5.99. The number of carbonyl (C=O) groups excluding carboxylic acids is 1. The number of cyclic esters (lactones) is 1. The van der Waals surface area contributed by atoms with Gasteiger partial charge in [-0.25, -0.2) is 9.79 Å². The number of nitro groups is 1. The predicted molar refractivity (Wildman–Crippen MR) is 98.8 cm³/mol. The van der Waals surface area contributed by atoms with Crippen LogP contribution in [0.4, 0.5) is 5.69 Å². The molecule has 0 aromatic heterocycles. The van der Waals surface area contributed by atoms with Crippen molar-refractivity contribution in [2.45, 2.75) is 26.2 Å². The van der Waals surface area contributed by atoms with Gasteiger partial charge in [-0.05, 0) is 54.3 Å². The van der Waals surface area contributed by atoms with Gasteiger partial charge in [0.25, 0.3) is 5.69 Å². The van der Waals surface area contributed by atoms with Gasteiger partial charge < -0.3 is 4.74 Å². The molecule has 1 aliphatic rings. The summed E-state index contributed by atoms with van der Waals surface area (Å²) in [5, 5.41) is 10.7. The maximum absolute atomic E-state index is 12.0. The average molecular weight is 350 g/mol. The maximum Gasteiger partial charge on any atom is 0.363 e. The van der Waals surface area contributed by atoms with E-state index in [0.29, 0.717) is 5.56 Å². The number of esters is 1. The number of carbonyl (C=O) groups is 1. The number of hydrogen-bond acceptors (Lipinski definition) is 5. The van der Waals surface area contributed by atoms with Crippen LogP contribution >= 0.6 is 0 Å². The van der Waals surface area contributed by atoms with Crippen LogP contribution in [0.5, 0.6) is 0 Å². The minimum Gasteiger partial charge on any atom is -0.402 e. The molecule has 26 heavy (non-hydrogen) atoms. The molecule has 1 heterocycles. The van der Waals surface area contributed by atoms with E-state index in [1.54, 1.807) is 18.2 Å². The zero-order chi connectivity index (χ0) is 18.5. The number of ether oxygens (including phenoxy) is 1. The second kappa shape index (κ2) is 7.74. The van der Waals surface area contributed by atoms with Crippen molar-refractivity contribution < 1.29 is 14.5 Å². The van der Waals surface area contributed by atoms with E-state index in [-0.39, 0.29) is 17.3 Å². The van der Waals surface area contributed by atoms with Crippen molar-refractivity contribution in [1.29, 1.82) is 0 Å². The van der Waals surface area contributed by atoms with E-state index in [9.17, 15) is 14.9 Å². The van der Waals surface area contributed by atoms with Gasteiger partial charge >= 0.3 is 5.97 Å². The first-order valence-electron chi connectivity index (χ1n) is 8.43. The Labute approximate surface area is 151 Å². The molecule has 0 saturated carbocycles. The third kappa shape index (κ3) is 4.03. The van der Waals surface area contributed by atoms with Gasteiger partial charge in [-0.15, -0.1) is 0 Å². The van der Waals surface area contributed by atoms with Gasteiger partial charge in [-0.1, -0.05) is 25.5 Å². The summed E-state index contributed by atoms with van der Waals surface area (Å²) < 4.78 is 5.25. The van der Waals surface area contributed by atoms with Gasteiger partial charge in [0, 0.05) is 17.7 Å². The molecule has 6 heteroatoms. The molecule has 0 unspecified atom stereocenters. The van der Waals surface area contributed by atoms with Crippen LogP contribution in [0.1, 0.15) is 36.5 Å². The number of nitrogens with zero attached hydrogens (tertiary/aromatic N) is 2. The molecule has 0 radical (unpaired) electrons. The Balaban J connectivity index is 1.78. The van der Waals surface area contributed by atoms with Gasteiger partial charge in [0.1, 0.15) is 0 Å². The normalized spacial score (nSPS) is 15.0. The molecule has 0 N–H and O–H groups in total. The van der Waals surface area contributed by atoms with Crippen molar-refractivity contribution in [3.05, 3.63) is 81.0 Å². The van der Waals surface area contributed by atoms with Crippen LogP contribution in [0.3, 0.4) is 0 Å². The molecular formula is C20H18N2O4. The molecule has 0 atom stereocenters. The van der Waals surface area contributed by atoms with Crippen LogP contribution in [0, 0.1) is 10.1 Å². The van der Waals surface area contributed by atoms with Crippen LogP contribution in [0.15, 0.2) is 59.2 Å². The molecule has 132 valence electrons. The van der Waals surface area contributed by atoms with Crippen molar-refractivity contribution >= 4 is 23.6 Å². The summed E-state index contributed by atoms with van der Waals surface area (Å²) in [5.74, 6) is -0.265. The molecule has 1 aliphatic heterocycles. The summed E-state index contributed by atoms with van der Waals surface area (Å²) >= 11 is 0. The van der Waals surface area contributed by atoms with E-state index in [1.807, 2.05) is 24.3 Å². The topological polar surface area (TPSA) is 81.8 Å². The molecule has 0 amide bonds. The van der Waals surface area contributed by atoms with Gasteiger partial charge in [0.2, 0.25) is 5.90 Å². The Hall–Kier alpha value is -3.28. The molecule has 2 aromatic carbocycles. The number of nitro benzene ring substituents is 1. The maximum atomic E-state index is 12.0. The first-order valence-corrected chi connectivity index (χ1v) is 8.43. The quantitative estimate of drug-likeness (QED) is 0.337. The Morgan fingerprint density at radius 2 is 1.81 bits per heavy atom. The van der Waals surface area contributed by atoms with Gasteiger partial charge in [-0.3, -0.25) is 10.1 Å². The lowest BCUT2D eigenvalue weighted by atomic mass is 10.1. The molecule has 0 bridgehead atoms. The van der Waals surface area contributed by atoms with Crippen LogP contribution in [0.2, 0.25) is 0 Å². The summed E-state index contributed by atoms with van der Waals surface area (Å²) in [7, 11) is 0. The Morgan fingerprint density at radius 3 is 2.42 bits per heavy atom. The van der Waals surface area contributed by atoms with Gasteiger partial charge in [0.05, 0.1) is 4.92 Å². The van der Waals surface area contributed by atoms with Crippen LogP contribution in [-0.2, 0) is 16.0 Å². The van der Waals surface area contributed by atoms with E-state index in [0.717, 1.165) is 24.8 Å². The van der Waals surface area contributed by atoms with E-state index in [1.165, 1.54) is 17.7 Å². The minimum absolute atomic E-state index is 0.00602. The van der Waals surface area contributed by atoms with Crippen molar-refractivity contribution in [2.24, 2.45) is 4.99 Å². The highest BCUT2D eigenvalue weighted by molar-refractivity contribution is 6.12. The van der Waals surface area contributed by atoms with E-state index < -0.39 is 10.9 Å². The second-order valence-corrected chi connectivity index (χ2v) is 5.99. The van der Waals surface area contributed by atoms with E-state index >= 15 is 0 Å². The molecule has 0 aliphatic carbocycles. The number of hydrogen-bond donors (Lipinski definition) is 0. The van der Waals surface area contributed by atoms with Crippen molar-refractivity contribution in [1.82, 2.24) is 0 Å². The summed E-state index contributed by atoms with van der Waals surface area (Å²) in [5.41, 5.74) is 2.78. The number of aryl methyl sites for hydroxylation is 1. The summed E-state index contributed by atoms with van der Waals surface area (Å²) in [6, 6.07) is 13.7. The van der Waals surface area contributed by atoms with E-state index in [2.05, 4.69) is 11.9 Å². The third-order valence-corrected chi connectivity index (χ3v) is 4.05. The van der Waals surface area contributed by atoms with Crippen molar-refractivity contribution in [3.63, 3.8) is 0 Å². The zero-order valence-electron chi connectivity index (χ0n) is 14.3. The first kappa shape index (κ1) is 17.5. The summed E-state index contributed by atoms with van der Waals surface area (Å²) in [4.78, 5) is 26.5. The van der Waals surface area contributed by atoms with Crippen LogP contribution in [0.25, 0.3) is 6.08 Å². The fourth-order valence-corrected chi connectivity index (χ4v) is 2.58. The third-order valence-electron chi connectivity index (χ3n) is 4.05. The van der Waals surface area contributed by atoms with Crippen molar-refractivity contribution in [2.75, 3.05) is 0 Å². The molecule has 0 spiro atoms. The van der Waals surface area contributed by atoms with Crippen molar-refractivity contribution in [3.8, 4) is 0 Å². The van der Waals surface area contributed by atoms with Crippen LogP contribution < -0.4 is 0 Å². The number of rotatable bonds is 6. The SMILES string of the molecule is CCCCc1ccc(C2=NC(=Cc3ccc([N+](=O)[O-])cc3)C(=O)O2)cc1. The zero-order valence-corrected chi connectivity index (χ0v) is 14.3. The Bertz CT molecular complexity index is 881. The Morgan fingerprint density at radius 1 is 1.12 bits per heavy atom. The van der Waals surface area contributed by atoms with Gasteiger partial charge in [0.15, 0.2) is 5.70 Å². The molecule has 0 fully saturated rings.